The third-order valence-corrected chi connectivity index (χ3v) is 3.49. The lowest BCUT2D eigenvalue weighted by atomic mass is 10.0. The molecule has 23 heavy (non-hydrogen) atoms. The van der Waals surface area contributed by atoms with E-state index in [0.29, 0.717) is 12.1 Å². The Balaban J connectivity index is 2.16. The Bertz CT molecular complexity index is 711. The number of carbonyl (C=O) groups is 2. The van der Waals surface area contributed by atoms with Crippen molar-refractivity contribution in [1.29, 1.82) is 0 Å². The van der Waals surface area contributed by atoms with Crippen LogP contribution in [0.1, 0.15) is 51.7 Å². The first kappa shape index (κ1) is 16.6. The predicted molar refractivity (Wildman–Crippen MR) is 85.3 cm³/mol. The van der Waals surface area contributed by atoms with Crippen molar-refractivity contribution in [2.45, 2.75) is 26.3 Å². The SMILES string of the molecule is CC(C)c1ncncc1C(=O)N(C)Cc1ccc(C(=O)O)cc1. The summed E-state index contributed by atoms with van der Waals surface area (Å²) in [7, 11) is 1.70. The summed E-state index contributed by atoms with van der Waals surface area (Å²) in [6.07, 6.45) is 2.98. The van der Waals surface area contributed by atoms with E-state index in [1.165, 1.54) is 24.7 Å². The van der Waals surface area contributed by atoms with Gasteiger partial charge in [-0.15, -0.1) is 0 Å². The Morgan fingerprint density at radius 2 is 1.87 bits per heavy atom. The van der Waals surface area contributed by atoms with E-state index in [4.69, 9.17) is 5.11 Å². The molecule has 0 aliphatic rings. The molecule has 0 saturated carbocycles. The van der Waals surface area contributed by atoms with E-state index < -0.39 is 5.97 Å². The van der Waals surface area contributed by atoms with Gasteiger partial charge in [0.25, 0.3) is 5.91 Å². The molecule has 0 saturated heterocycles. The summed E-state index contributed by atoms with van der Waals surface area (Å²) in [5, 5.41) is 8.90. The lowest BCUT2D eigenvalue weighted by molar-refractivity contribution is 0.0695. The maximum atomic E-state index is 12.6. The predicted octanol–water partition coefficient (Wildman–Crippen LogP) is 2.57. The van der Waals surface area contributed by atoms with E-state index in [-0.39, 0.29) is 17.4 Å². The van der Waals surface area contributed by atoms with Gasteiger partial charge in [-0.05, 0) is 23.6 Å². The van der Waals surface area contributed by atoms with Gasteiger partial charge in [0.05, 0.1) is 16.8 Å². The number of rotatable bonds is 5. The minimum atomic E-state index is -0.969. The van der Waals surface area contributed by atoms with Crippen molar-refractivity contribution in [3.63, 3.8) is 0 Å². The van der Waals surface area contributed by atoms with Crippen molar-refractivity contribution < 1.29 is 14.7 Å². The van der Waals surface area contributed by atoms with Gasteiger partial charge in [-0.25, -0.2) is 14.8 Å². The summed E-state index contributed by atoms with van der Waals surface area (Å²) >= 11 is 0. The van der Waals surface area contributed by atoms with Gasteiger partial charge in [0.15, 0.2) is 0 Å². The highest BCUT2D eigenvalue weighted by atomic mass is 16.4. The molecule has 0 radical (unpaired) electrons. The zero-order valence-corrected chi connectivity index (χ0v) is 13.4. The summed E-state index contributed by atoms with van der Waals surface area (Å²) < 4.78 is 0. The van der Waals surface area contributed by atoms with Crippen molar-refractivity contribution >= 4 is 11.9 Å². The molecule has 6 heteroatoms. The summed E-state index contributed by atoms with van der Waals surface area (Å²) in [6.45, 7) is 4.33. The van der Waals surface area contributed by atoms with Crippen LogP contribution in [0.3, 0.4) is 0 Å². The first-order chi connectivity index (χ1) is 10.9. The molecular weight excluding hydrogens is 294 g/mol. The van der Waals surface area contributed by atoms with E-state index in [0.717, 1.165) is 11.3 Å². The molecule has 1 N–H and O–H groups in total. The molecule has 120 valence electrons. The molecule has 0 fully saturated rings. The summed E-state index contributed by atoms with van der Waals surface area (Å²) in [5.41, 5.74) is 2.29. The molecule has 1 aromatic carbocycles. The van der Waals surface area contributed by atoms with E-state index >= 15 is 0 Å². The van der Waals surface area contributed by atoms with Crippen LogP contribution < -0.4 is 0 Å². The molecule has 6 nitrogen and oxygen atoms in total. The average Bonchev–Trinajstić information content (AvgIpc) is 2.54. The molecule has 1 amide bonds. The molecule has 2 aromatic rings. The standard InChI is InChI=1S/C17H19N3O3/c1-11(2)15-14(8-18-10-19-15)16(21)20(3)9-12-4-6-13(7-5-12)17(22)23/h4-8,10-11H,9H2,1-3H3,(H,22,23). The van der Waals surface area contributed by atoms with Crippen LogP contribution >= 0.6 is 0 Å². The number of carboxylic acids is 1. The number of carbonyl (C=O) groups excluding carboxylic acids is 1. The van der Waals surface area contributed by atoms with Crippen molar-refractivity contribution in [1.82, 2.24) is 14.9 Å². The largest absolute Gasteiger partial charge is 0.478 e. The second-order valence-electron chi connectivity index (χ2n) is 5.64. The van der Waals surface area contributed by atoms with Crippen molar-refractivity contribution in [2.75, 3.05) is 7.05 Å². The van der Waals surface area contributed by atoms with Gasteiger partial charge in [-0.2, -0.15) is 0 Å². The van der Waals surface area contributed by atoms with Crippen molar-refractivity contribution in [3.05, 3.63) is 59.2 Å². The number of hydrogen-bond acceptors (Lipinski definition) is 4. The summed E-state index contributed by atoms with van der Waals surface area (Å²) in [5.74, 6) is -0.999. The smallest absolute Gasteiger partial charge is 0.335 e. The number of carboxylic acid groups (broad SMARTS) is 1. The highest BCUT2D eigenvalue weighted by molar-refractivity contribution is 5.95. The third-order valence-electron chi connectivity index (χ3n) is 3.49. The van der Waals surface area contributed by atoms with Crippen LogP contribution in [0.25, 0.3) is 0 Å². The molecule has 2 rings (SSSR count). The monoisotopic (exact) mass is 313 g/mol. The maximum absolute atomic E-state index is 12.6. The number of hydrogen-bond donors (Lipinski definition) is 1. The van der Waals surface area contributed by atoms with Crippen LogP contribution in [0.5, 0.6) is 0 Å². The fourth-order valence-electron chi connectivity index (χ4n) is 2.27. The van der Waals surface area contributed by atoms with Gasteiger partial charge in [-0.3, -0.25) is 4.79 Å². The molecule has 0 bridgehead atoms. The van der Waals surface area contributed by atoms with Gasteiger partial charge >= 0.3 is 5.97 Å². The number of aromatic nitrogens is 2. The van der Waals surface area contributed by atoms with E-state index in [1.54, 1.807) is 24.1 Å². The molecular formula is C17H19N3O3. The number of nitrogens with zero attached hydrogens (tertiary/aromatic N) is 3. The quantitative estimate of drug-likeness (QED) is 0.917. The van der Waals surface area contributed by atoms with Gasteiger partial charge in [0, 0.05) is 19.8 Å². The fourth-order valence-corrected chi connectivity index (χ4v) is 2.27. The van der Waals surface area contributed by atoms with Crippen LogP contribution in [0.15, 0.2) is 36.8 Å². The average molecular weight is 313 g/mol. The van der Waals surface area contributed by atoms with Crippen LogP contribution in [0.2, 0.25) is 0 Å². The van der Waals surface area contributed by atoms with Crippen LogP contribution in [0, 0.1) is 0 Å². The second-order valence-corrected chi connectivity index (χ2v) is 5.64. The van der Waals surface area contributed by atoms with Gasteiger partial charge in [0.2, 0.25) is 0 Å². The molecule has 1 aromatic heterocycles. The normalized spacial score (nSPS) is 10.6. The van der Waals surface area contributed by atoms with Crippen LogP contribution in [-0.2, 0) is 6.54 Å². The minimum Gasteiger partial charge on any atom is -0.478 e. The maximum Gasteiger partial charge on any atom is 0.335 e. The molecule has 1 heterocycles. The third kappa shape index (κ3) is 3.91. The van der Waals surface area contributed by atoms with Gasteiger partial charge in [0.1, 0.15) is 6.33 Å². The lowest BCUT2D eigenvalue weighted by Crippen LogP contribution is -2.28. The van der Waals surface area contributed by atoms with Crippen molar-refractivity contribution in [2.24, 2.45) is 0 Å². The van der Waals surface area contributed by atoms with Crippen molar-refractivity contribution in [3.8, 4) is 0 Å². The summed E-state index contributed by atoms with van der Waals surface area (Å²) in [4.78, 5) is 33.2. The number of aromatic carboxylic acids is 1. The van der Waals surface area contributed by atoms with E-state index in [1.807, 2.05) is 13.8 Å². The number of benzene rings is 1. The van der Waals surface area contributed by atoms with Crippen LogP contribution in [0.4, 0.5) is 0 Å². The number of amides is 1. The molecule has 0 atom stereocenters. The molecule has 0 aliphatic carbocycles. The zero-order valence-electron chi connectivity index (χ0n) is 13.4. The Labute approximate surface area is 134 Å². The summed E-state index contributed by atoms with van der Waals surface area (Å²) in [6, 6.07) is 6.47. The zero-order chi connectivity index (χ0) is 17.0. The highest BCUT2D eigenvalue weighted by Crippen LogP contribution is 2.18. The minimum absolute atomic E-state index is 0.125. The van der Waals surface area contributed by atoms with E-state index in [9.17, 15) is 9.59 Å². The Morgan fingerprint density at radius 3 is 2.43 bits per heavy atom. The Hall–Kier alpha value is -2.76. The Kier molecular flexibility index (Phi) is 5.05. The van der Waals surface area contributed by atoms with Gasteiger partial charge < -0.3 is 10.0 Å². The fraction of sp³-hybridized carbons (Fsp3) is 0.294. The molecule has 0 aliphatic heterocycles. The van der Waals surface area contributed by atoms with Crippen LogP contribution in [-0.4, -0.2) is 38.9 Å². The topological polar surface area (TPSA) is 83.4 Å². The molecule has 0 spiro atoms. The second kappa shape index (κ2) is 7.00. The molecule has 0 unspecified atom stereocenters. The van der Waals surface area contributed by atoms with Gasteiger partial charge in [-0.1, -0.05) is 26.0 Å². The Morgan fingerprint density at radius 1 is 1.22 bits per heavy atom. The highest BCUT2D eigenvalue weighted by Gasteiger charge is 2.19. The first-order valence-corrected chi connectivity index (χ1v) is 7.27. The first-order valence-electron chi connectivity index (χ1n) is 7.27. The lowest BCUT2D eigenvalue weighted by Gasteiger charge is -2.19. The van der Waals surface area contributed by atoms with E-state index in [2.05, 4.69) is 9.97 Å².